The molecule has 1 aromatic carbocycles. The minimum Gasteiger partial charge on any atom is -0.387 e. The average molecular weight is 199 g/mol. The molecule has 0 saturated heterocycles. The van der Waals surface area contributed by atoms with E-state index >= 15 is 0 Å². The van der Waals surface area contributed by atoms with Gasteiger partial charge in [-0.3, -0.25) is 0 Å². The third kappa shape index (κ3) is 3.03. The molecule has 13 heavy (non-hydrogen) atoms. The standard InChI is InChI=1S/C9H10N2O.ClH/c1-11-8-4-2-3-7(5-8)9(12)6-10;/h2-5,9,12H,6,10H2;1H/t9-;/m1./s1. The molecule has 1 rings (SSSR count). The Bertz CT molecular complexity index is 309. The summed E-state index contributed by atoms with van der Waals surface area (Å²) < 4.78 is 0. The van der Waals surface area contributed by atoms with Crippen molar-refractivity contribution in [2.75, 3.05) is 6.54 Å². The van der Waals surface area contributed by atoms with Gasteiger partial charge in [0.2, 0.25) is 0 Å². The van der Waals surface area contributed by atoms with Crippen LogP contribution in [0, 0.1) is 6.57 Å². The number of hydrogen-bond acceptors (Lipinski definition) is 2. The Balaban J connectivity index is 0.00000144. The van der Waals surface area contributed by atoms with E-state index in [1.165, 1.54) is 0 Å². The molecule has 0 amide bonds. The fourth-order valence-corrected chi connectivity index (χ4v) is 0.938. The first-order valence-electron chi connectivity index (χ1n) is 3.63. The van der Waals surface area contributed by atoms with Crippen LogP contribution in [0.15, 0.2) is 24.3 Å². The van der Waals surface area contributed by atoms with Crippen molar-refractivity contribution in [3.05, 3.63) is 41.2 Å². The second-order valence-electron chi connectivity index (χ2n) is 2.46. The number of nitrogens with two attached hydrogens (primary N) is 1. The molecule has 3 nitrogen and oxygen atoms in total. The molecule has 3 N–H and O–H groups in total. The molecule has 0 aliphatic carbocycles. The van der Waals surface area contributed by atoms with Crippen LogP contribution in [-0.2, 0) is 0 Å². The topological polar surface area (TPSA) is 50.6 Å². The predicted molar refractivity (Wildman–Crippen MR) is 54.0 cm³/mol. The van der Waals surface area contributed by atoms with Gasteiger partial charge in [-0.25, -0.2) is 4.85 Å². The van der Waals surface area contributed by atoms with E-state index in [2.05, 4.69) is 4.85 Å². The largest absolute Gasteiger partial charge is 0.387 e. The maximum atomic E-state index is 9.32. The number of nitrogens with zero attached hydrogens (tertiary/aromatic N) is 1. The molecule has 0 unspecified atom stereocenters. The third-order valence-electron chi connectivity index (χ3n) is 1.61. The van der Waals surface area contributed by atoms with Gasteiger partial charge in [-0.05, 0) is 5.56 Å². The first-order valence-corrected chi connectivity index (χ1v) is 3.63. The van der Waals surface area contributed by atoms with Crippen molar-refractivity contribution in [2.24, 2.45) is 5.73 Å². The SMILES string of the molecule is Cl.[C-]#[N+]c1cccc([C@H](O)CN)c1. The highest BCUT2D eigenvalue weighted by Gasteiger charge is 2.04. The Morgan fingerprint density at radius 3 is 2.77 bits per heavy atom. The van der Waals surface area contributed by atoms with E-state index in [1.54, 1.807) is 24.3 Å². The van der Waals surface area contributed by atoms with E-state index in [1.807, 2.05) is 0 Å². The smallest absolute Gasteiger partial charge is 0.187 e. The maximum Gasteiger partial charge on any atom is 0.187 e. The molecular formula is C9H11ClN2O. The number of rotatable bonds is 2. The normalized spacial score (nSPS) is 11.2. The van der Waals surface area contributed by atoms with Crippen LogP contribution < -0.4 is 5.73 Å². The molecular weight excluding hydrogens is 188 g/mol. The van der Waals surface area contributed by atoms with Crippen molar-refractivity contribution in [3.63, 3.8) is 0 Å². The van der Waals surface area contributed by atoms with Gasteiger partial charge in [-0.2, -0.15) is 0 Å². The van der Waals surface area contributed by atoms with Crippen LogP contribution in [0.5, 0.6) is 0 Å². The fraction of sp³-hybridized carbons (Fsp3) is 0.222. The molecule has 0 bridgehead atoms. The lowest BCUT2D eigenvalue weighted by molar-refractivity contribution is 0.187. The van der Waals surface area contributed by atoms with Crippen molar-refractivity contribution in [1.82, 2.24) is 0 Å². The molecule has 4 heteroatoms. The van der Waals surface area contributed by atoms with E-state index in [4.69, 9.17) is 12.3 Å². The van der Waals surface area contributed by atoms with Gasteiger partial charge >= 0.3 is 0 Å². The highest BCUT2D eigenvalue weighted by molar-refractivity contribution is 5.85. The summed E-state index contributed by atoms with van der Waals surface area (Å²) in [5.74, 6) is 0. The first kappa shape index (κ1) is 11.9. The third-order valence-corrected chi connectivity index (χ3v) is 1.61. The molecule has 0 heterocycles. The van der Waals surface area contributed by atoms with Crippen molar-refractivity contribution in [2.45, 2.75) is 6.10 Å². The number of halogens is 1. The van der Waals surface area contributed by atoms with Gasteiger partial charge in [-0.15, -0.1) is 12.4 Å². The van der Waals surface area contributed by atoms with Crippen LogP contribution in [0.4, 0.5) is 5.69 Å². The monoisotopic (exact) mass is 198 g/mol. The zero-order chi connectivity index (χ0) is 8.97. The van der Waals surface area contributed by atoms with E-state index in [0.717, 1.165) is 0 Å². The summed E-state index contributed by atoms with van der Waals surface area (Å²) in [6.07, 6.45) is -0.660. The van der Waals surface area contributed by atoms with Crippen LogP contribution in [-0.4, -0.2) is 11.7 Å². The molecule has 0 saturated carbocycles. The Kier molecular flexibility index (Phi) is 5.09. The van der Waals surface area contributed by atoms with Crippen molar-refractivity contribution >= 4 is 18.1 Å². The zero-order valence-electron chi connectivity index (χ0n) is 6.97. The molecule has 1 atom stereocenters. The number of benzene rings is 1. The molecule has 0 fully saturated rings. The summed E-state index contributed by atoms with van der Waals surface area (Å²) in [6.45, 7) is 6.93. The Labute approximate surface area is 83.4 Å². The Morgan fingerprint density at radius 1 is 1.54 bits per heavy atom. The Hall–Kier alpha value is -1.08. The van der Waals surface area contributed by atoms with Gasteiger partial charge in [0.05, 0.1) is 12.7 Å². The second kappa shape index (κ2) is 5.55. The van der Waals surface area contributed by atoms with Crippen LogP contribution >= 0.6 is 12.4 Å². The van der Waals surface area contributed by atoms with Gasteiger partial charge in [-0.1, -0.05) is 24.3 Å². The highest BCUT2D eigenvalue weighted by atomic mass is 35.5. The number of hydrogen-bond donors (Lipinski definition) is 2. The van der Waals surface area contributed by atoms with E-state index in [0.29, 0.717) is 11.3 Å². The molecule has 1 aromatic rings. The fourth-order valence-electron chi connectivity index (χ4n) is 0.938. The predicted octanol–water partition coefficient (Wildman–Crippen LogP) is 1.65. The minimum absolute atomic E-state index is 0. The van der Waals surface area contributed by atoms with Gasteiger partial charge in [0.1, 0.15) is 0 Å². The molecule has 0 aliphatic heterocycles. The molecule has 70 valence electrons. The molecule has 0 aliphatic rings. The van der Waals surface area contributed by atoms with Crippen molar-refractivity contribution in [3.8, 4) is 0 Å². The molecule has 0 aromatic heterocycles. The summed E-state index contributed by atoms with van der Waals surface area (Å²) in [5, 5.41) is 9.32. The highest BCUT2D eigenvalue weighted by Crippen LogP contribution is 2.18. The lowest BCUT2D eigenvalue weighted by atomic mass is 10.1. The van der Waals surface area contributed by atoms with Crippen molar-refractivity contribution < 1.29 is 5.11 Å². The zero-order valence-corrected chi connectivity index (χ0v) is 7.79. The van der Waals surface area contributed by atoms with Gasteiger partial charge < -0.3 is 10.8 Å². The van der Waals surface area contributed by atoms with Crippen molar-refractivity contribution in [1.29, 1.82) is 0 Å². The summed E-state index contributed by atoms with van der Waals surface area (Å²) >= 11 is 0. The average Bonchev–Trinajstić information content (AvgIpc) is 2.17. The van der Waals surface area contributed by atoms with Crippen LogP contribution in [0.1, 0.15) is 11.7 Å². The summed E-state index contributed by atoms with van der Waals surface area (Å²) in [6, 6.07) is 6.83. The minimum atomic E-state index is -0.660. The lowest BCUT2D eigenvalue weighted by Gasteiger charge is -2.07. The van der Waals surface area contributed by atoms with E-state index < -0.39 is 6.10 Å². The first-order chi connectivity index (χ1) is 5.77. The van der Waals surface area contributed by atoms with E-state index in [-0.39, 0.29) is 19.0 Å². The van der Waals surface area contributed by atoms with Gasteiger partial charge in [0.15, 0.2) is 5.69 Å². The molecule has 0 radical (unpaired) electrons. The van der Waals surface area contributed by atoms with Gasteiger partial charge in [0, 0.05) is 6.54 Å². The second-order valence-corrected chi connectivity index (χ2v) is 2.46. The summed E-state index contributed by atoms with van der Waals surface area (Å²) in [5.41, 5.74) is 6.50. The quantitative estimate of drug-likeness (QED) is 0.710. The Morgan fingerprint density at radius 2 is 2.23 bits per heavy atom. The number of aliphatic hydroxyl groups excluding tert-OH is 1. The lowest BCUT2D eigenvalue weighted by Crippen LogP contribution is -2.11. The summed E-state index contributed by atoms with van der Waals surface area (Å²) in [7, 11) is 0. The van der Waals surface area contributed by atoms with Crippen LogP contribution in [0.2, 0.25) is 0 Å². The van der Waals surface area contributed by atoms with E-state index in [9.17, 15) is 5.11 Å². The molecule has 0 spiro atoms. The maximum absolute atomic E-state index is 9.32. The van der Waals surface area contributed by atoms with Crippen LogP contribution in [0.25, 0.3) is 4.85 Å². The number of aliphatic hydroxyl groups is 1. The summed E-state index contributed by atoms with van der Waals surface area (Å²) in [4.78, 5) is 3.25. The van der Waals surface area contributed by atoms with Gasteiger partial charge in [0.25, 0.3) is 0 Å². The van der Waals surface area contributed by atoms with Crippen LogP contribution in [0.3, 0.4) is 0 Å².